The van der Waals surface area contributed by atoms with Crippen LogP contribution in [-0.4, -0.2) is 17.6 Å². The number of nitrogens with two attached hydrogens (primary N) is 1. The number of hydrogen-bond donors (Lipinski definition) is 2. The molecule has 0 spiro atoms. The predicted octanol–water partition coefficient (Wildman–Crippen LogP) is 2.40. The van der Waals surface area contributed by atoms with E-state index in [9.17, 15) is 4.79 Å². The van der Waals surface area contributed by atoms with E-state index in [4.69, 9.17) is 10.8 Å². The maximum atomic E-state index is 10.8. The minimum Gasteiger partial charge on any atom is -0.481 e. The molecular formula is C12H23NO2. The van der Waals surface area contributed by atoms with E-state index in [1.54, 1.807) is 0 Å². The highest BCUT2D eigenvalue weighted by atomic mass is 16.4. The van der Waals surface area contributed by atoms with Gasteiger partial charge < -0.3 is 10.8 Å². The summed E-state index contributed by atoms with van der Waals surface area (Å²) in [7, 11) is 0. The standard InChI is InChI=1S/C12H23NO2/c1-2-12(6-3-4-7-12)8-5-10(9-13)11(14)15/h10H,2-9,13H2,1H3,(H,14,15). The normalized spacial score (nSPS) is 21.5. The molecule has 0 aromatic rings. The van der Waals surface area contributed by atoms with E-state index in [1.807, 2.05) is 0 Å². The maximum absolute atomic E-state index is 10.8. The predicted molar refractivity (Wildman–Crippen MR) is 60.6 cm³/mol. The van der Waals surface area contributed by atoms with Crippen LogP contribution in [0.25, 0.3) is 0 Å². The molecule has 88 valence electrons. The van der Waals surface area contributed by atoms with Gasteiger partial charge in [-0.25, -0.2) is 0 Å². The molecule has 1 atom stereocenters. The number of aliphatic carboxylic acids is 1. The topological polar surface area (TPSA) is 63.3 Å². The highest BCUT2D eigenvalue weighted by Gasteiger charge is 2.32. The third kappa shape index (κ3) is 3.20. The van der Waals surface area contributed by atoms with Gasteiger partial charge in [0, 0.05) is 6.54 Å². The molecule has 1 aliphatic rings. The SMILES string of the molecule is CCC1(CCC(CN)C(=O)O)CCCC1. The van der Waals surface area contributed by atoms with Crippen LogP contribution >= 0.6 is 0 Å². The van der Waals surface area contributed by atoms with Crippen molar-refractivity contribution in [2.24, 2.45) is 17.1 Å². The number of hydrogen-bond acceptors (Lipinski definition) is 2. The number of rotatable bonds is 6. The lowest BCUT2D eigenvalue weighted by molar-refractivity contribution is -0.141. The summed E-state index contributed by atoms with van der Waals surface area (Å²) >= 11 is 0. The molecule has 1 saturated carbocycles. The smallest absolute Gasteiger partial charge is 0.307 e. The van der Waals surface area contributed by atoms with Crippen molar-refractivity contribution in [2.75, 3.05) is 6.54 Å². The van der Waals surface area contributed by atoms with Crippen LogP contribution in [0.3, 0.4) is 0 Å². The van der Waals surface area contributed by atoms with E-state index in [0.717, 1.165) is 12.8 Å². The minimum atomic E-state index is -0.734. The molecular weight excluding hydrogens is 190 g/mol. The summed E-state index contributed by atoms with van der Waals surface area (Å²) in [5, 5.41) is 8.92. The summed E-state index contributed by atoms with van der Waals surface area (Å²) in [6.45, 7) is 2.50. The number of carboxylic acids is 1. The second-order valence-corrected chi connectivity index (χ2v) is 4.87. The van der Waals surface area contributed by atoms with Crippen LogP contribution in [-0.2, 0) is 4.79 Å². The molecule has 0 aromatic carbocycles. The Bertz CT molecular complexity index is 210. The Kier molecular flexibility index (Phi) is 4.58. The number of carboxylic acid groups (broad SMARTS) is 1. The molecule has 1 unspecified atom stereocenters. The lowest BCUT2D eigenvalue weighted by Crippen LogP contribution is -2.26. The fourth-order valence-electron chi connectivity index (χ4n) is 2.73. The van der Waals surface area contributed by atoms with E-state index in [2.05, 4.69) is 6.92 Å². The second-order valence-electron chi connectivity index (χ2n) is 4.87. The van der Waals surface area contributed by atoms with Crippen molar-refractivity contribution in [3.8, 4) is 0 Å². The monoisotopic (exact) mass is 213 g/mol. The zero-order valence-electron chi connectivity index (χ0n) is 9.67. The molecule has 3 heteroatoms. The molecule has 0 heterocycles. The van der Waals surface area contributed by atoms with Crippen molar-refractivity contribution < 1.29 is 9.90 Å². The van der Waals surface area contributed by atoms with Gasteiger partial charge in [0.1, 0.15) is 0 Å². The van der Waals surface area contributed by atoms with Crippen LogP contribution in [0.1, 0.15) is 51.9 Å². The lowest BCUT2D eigenvalue weighted by atomic mass is 9.77. The Hall–Kier alpha value is -0.570. The summed E-state index contributed by atoms with van der Waals surface area (Å²) in [4.78, 5) is 10.8. The van der Waals surface area contributed by atoms with Crippen molar-refractivity contribution in [2.45, 2.75) is 51.9 Å². The van der Waals surface area contributed by atoms with Gasteiger partial charge in [0.15, 0.2) is 0 Å². The third-order valence-electron chi connectivity index (χ3n) is 4.07. The Morgan fingerprint density at radius 1 is 1.47 bits per heavy atom. The first kappa shape index (κ1) is 12.5. The van der Waals surface area contributed by atoms with Gasteiger partial charge in [-0.05, 0) is 31.1 Å². The van der Waals surface area contributed by atoms with Crippen molar-refractivity contribution in [1.29, 1.82) is 0 Å². The molecule has 0 bridgehead atoms. The van der Waals surface area contributed by atoms with E-state index in [-0.39, 0.29) is 12.5 Å². The first-order valence-corrected chi connectivity index (χ1v) is 6.06. The lowest BCUT2D eigenvalue weighted by Gasteiger charge is -2.28. The second kappa shape index (κ2) is 5.50. The largest absolute Gasteiger partial charge is 0.481 e. The van der Waals surface area contributed by atoms with Gasteiger partial charge in [0.2, 0.25) is 0 Å². The Labute approximate surface area is 92.0 Å². The van der Waals surface area contributed by atoms with Gasteiger partial charge in [-0.1, -0.05) is 26.2 Å². The molecule has 1 fully saturated rings. The molecule has 3 N–H and O–H groups in total. The first-order chi connectivity index (χ1) is 7.13. The van der Waals surface area contributed by atoms with Crippen molar-refractivity contribution in [3.05, 3.63) is 0 Å². The third-order valence-corrected chi connectivity index (χ3v) is 4.07. The fraction of sp³-hybridized carbons (Fsp3) is 0.917. The molecule has 0 radical (unpaired) electrons. The summed E-state index contributed by atoms with van der Waals surface area (Å²) in [5.41, 5.74) is 5.90. The van der Waals surface area contributed by atoms with E-state index in [1.165, 1.54) is 32.1 Å². The minimum absolute atomic E-state index is 0.273. The van der Waals surface area contributed by atoms with Crippen molar-refractivity contribution >= 4 is 5.97 Å². The van der Waals surface area contributed by atoms with Crippen molar-refractivity contribution in [3.63, 3.8) is 0 Å². The van der Waals surface area contributed by atoms with Gasteiger partial charge >= 0.3 is 5.97 Å². The Morgan fingerprint density at radius 3 is 2.47 bits per heavy atom. The highest BCUT2D eigenvalue weighted by molar-refractivity contribution is 5.70. The van der Waals surface area contributed by atoms with Crippen LogP contribution in [0.4, 0.5) is 0 Å². The first-order valence-electron chi connectivity index (χ1n) is 6.06. The molecule has 0 aromatic heterocycles. The van der Waals surface area contributed by atoms with E-state index >= 15 is 0 Å². The van der Waals surface area contributed by atoms with Crippen molar-refractivity contribution in [1.82, 2.24) is 0 Å². The summed E-state index contributed by atoms with van der Waals surface area (Å²) in [5.74, 6) is -1.07. The quantitative estimate of drug-likeness (QED) is 0.712. The maximum Gasteiger partial charge on any atom is 0.307 e. The van der Waals surface area contributed by atoms with Gasteiger partial charge in [0.25, 0.3) is 0 Å². The average Bonchev–Trinajstić information content (AvgIpc) is 2.68. The fourth-order valence-corrected chi connectivity index (χ4v) is 2.73. The summed E-state index contributed by atoms with van der Waals surface area (Å²) < 4.78 is 0. The van der Waals surface area contributed by atoms with Crippen LogP contribution in [0.5, 0.6) is 0 Å². The highest BCUT2D eigenvalue weighted by Crippen LogP contribution is 2.45. The van der Waals surface area contributed by atoms with Gasteiger partial charge in [-0.3, -0.25) is 4.79 Å². The zero-order chi connectivity index (χ0) is 11.3. The van der Waals surface area contributed by atoms with Crippen LogP contribution in [0.15, 0.2) is 0 Å². The molecule has 0 amide bonds. The Morgan fingerprint density at radius 2 is 2.07 bits per heavy atom. The number of carbonyl (C=O) groups is 1. The van der Waals surface area contributed by atoms with Gasteiger partial charge in [-0.2, -0.15) is 0 Å². The molecule has 1 aliphatic carbocycles. The zero-order valence-corrected chi connectivity index (χ0v) is 9.67. The molecule has 0 aliphatic heterocycles. The molecule has 15 heavy (non-hydrogen) atoms. The average molecular weight is 213 g/mol. The summed E-state index contributed by atoms with van der Waals surface area (Å²) in [6.07, 6.45) is 8.16. The van der Waals surface area contributed by atoms with Crippen LogP contribution < -0.4 is 5.73 Å². The molecule has 0 saturated heterocycles. The molecule has 3 nitrogen and oxygen atoms in total. The van der Waals surface area contributed by atoms with Crippen LogP contribution in [0.2, 0.25) is 0 Å². The Balaban J connectivity index is 2.42. The van der Waals surface area contributed by atoms with E-state index in [0.29, 0.717) is 5.41 Å². The molecule has 1 rings (SSSR count). The van der Waals surface area contributed by atoms with Gasteiger partial charge in [0.05, 0.1) is 5.92 Å². The summed E-state index contributed by atoms with van der Waals surface area (Å²) in [6, 6.07) is 0. The van der Waals surface area contributed by atoms with E-state index < -0.39 is 5.97 Å². The van der Waals surface area contributed by atoms with Gasteiger partial charge in [-0.15, -0.1) is 0 Å². The van der Waals surface area contributed by atoms with Crippen LogP contribution in [0, 0.1) is 11.3 Å².